The number of hydrogen-bond acceptors (Lipinski definition) is 3. The van der Waals surface area contributed by atoms with Crippen LogP contribution >= 0.6 is 0 Å². The van der Waals surface area contributed by atoms with E-state index in [0.717, 1.165) is 45.3 Å². The van der Waals surface area contributed by atoms with Gasteiger partial charge in [-0.3, -0.25) is 0 Å². The normalized spacial score (nSPS) is 21.8. The fourth-order valence-corrected chi connectivity index (χ4v) is 2.28. The van der Waals surface area contributed by atoms with Gasteiger partial charge in [0.25, 0.3) is 0 Å². The van der Waals surface area contributed by atoms with E-state index in [4.69, 9.17) is 5.11 Å². The molecule has 2 N–H and O–H groups in total. The molecule has 1 rings (SSSR count). The molecule has 0 bridgehead atoms. The van der Waals surface area contributed by atoms with Crippen molar-refractivity contribution < 1.29 is 10.2 Å². The van der Waals surface area contributed by atoms with Crippen LogP contribution in [0.4, 0.5) is 0 Å². The maximum Gasteiger partial charge on any atom is 0.0541 e. The molecule has 1 heterocycles. The van der Waals surface area contributed by atoms with Crippen LogP contribution in [0, 0.1) is 5.92 Å². The van der Waals surface area contributed by atoms with E-state index in [1.165, 1.54) is 6.42 Å². The van der Waals surface area contributed by atoms with Crippen LogP contribution in [-0.4, -0.2) is 47.5 Å². The van der Waals surface area contributed by atoms with E-state index in [-0.39, 0.29) is 6.10 Å². The zero-order valence-electron chi connectivity index (χ0n) is 9.86. The first kappa shape index (κ1) is 12.9. The summed E-state index contributed by atoms with van der Waals surface area (Å²) in [5.41, 5.74) is 0. The highest BCUT2D eigenvalue weighted by atomic mass is 16.3. The number of aliphatic hydroxyl groups is 2. The molecule has 0 radical (unpaired) electrons. The molecular formula is C12H25NO2. The van der Waals surface area contributed by atoms with E-state index in [9.17, 15) is 5.11 Å². The summed E-state index contributed by atoms with van der Waals surface area (Å²) in [5.74, 6) is 0.513. The van der Waals surface area contributed by atoms with Gasteiger partial charge >= 0.3 is 0 Å². The fraction of sp³-hybridized carbons (Fsp3) is 1.00. The first-order valence-electron chi connectivity index (χ1n) is 6.25. The van der Waals surface area contributed by atoms with Crippen LogP contribution in [0.5, 0.6) is 0 Å². The molecule has 0 aromatic carbocycles. The fourth-order valence-electron chi connectivity index (χ4n) is 2.28. The van der Waals surface area contributed by atoms with Gasteiger partial charge in [0.15, 0.2) is 0 Å². The quantitative estimate of drug-likeness (QED) is 0.655. The van der Waals surface area contributed by atoms with E-state index < -0.39 is 0 Å². The molecule has 1 fully saturated rings. The molecule has 1 saturated heterocycles. The number of rotatable bonds is 6. The Bertz CT molecular complexity index is 154. The van der Waals surface area contributed by atoms with E-state index >= 15 is 0 Å². The summed E-state index contributed by atoms with van der Waals surface area (Å²) in [5, 5.41) is 18.1. The van der Waals surface area contributed by atoms with E-state index in [1.807, 2.05) is 6.92 Å². The van der Waals surface area contributed by atoms with Crippen LogP contribution in [0.25, 0.3) is 0 Å². The number of hydrogen-bond donors (Lipinski definition) is 2. The van der Waals surface area contributed by atoms with Crippen molar-refractivity contribution in [1.82, 2.24) is 4.90 Å². The van der Waals surface area contributed by atoms with Crippen molar-refractivity contribution in [2.24, 2.45) is 5.92 Å². The zero-order valence-corrected chi connectivity index (χ0v) is 9.86. The Labute approximate surface area is 93.1 Å². The van der Waals surface area contributed by atoms with Gasteiger partial charge in [0.05, 0.1) is 6.10 Å². The molecule has 90 valence electrons. The predicted molar refractivity (Wildman–Crippen MR) is 61.8 cm³/mol. The SMILES string of the molecule is CC(O)C1CCN(CCCCCO)CC1. The van der Waals surface area contributed by atoms with E-state index in [0.29, 0.717) is 12.5 Å². The van der Waals surface area contributed by atoms with Gasteiger partial charge in [-0.2, -0.15) is 0 Å². The lowest BCUT2D eigenvalue weighted by Crippen LogP contribution is -2.37. The minimum Gasteiger partial charge on any atom is -0.396 e. The average molecular weight is 215 g/mol. The summed E-state index contributed by atoms with van der Waals surface area (Å²) < 4.78 is 0. The number of unbranched alkanes of at least 4 members (excludes halogenated alkanes) is 2. The van der Waals surface area contributed by atoms with Crippen LogP contribution in [0.1, 0.15) is 39.0 Å². The lowest BCUT2D eigenvalue weighted by Gasteiger charge is -2.33. The average Bonchev–Trinajstić information content (AvgIpc) is 2.25. The Hall–Kier alpha value is -0.120. The Morgan fingerprint density at radius 2 is 1.87 bits per heavy atom. The van der Waals surface area contributed by atoms with Crippen LogP contribution in [0.2, 0.25) is 0 Å². The van der Waals surface area contributed by atoms with Crippen molar-refractivity contribution in [3.05, 3.63) is 0 Å². The number of aliphatic hydroxyl groups excluding tert-OH is 2. The second-order valence-corrected chi connectivity index (χ2v) is 4.70. The third-order valence-electron chi connectivity index (χ3n) is 3.45. The van der Waals surface area contributed by atoms with Crippen LogP contribution in [0.3, 0.4) is 0 Å². The first-order chi connectivity index (χ1) is 7.24. The third-order valence-corrected chi connectivity index (χ3v) is 3.45. The monoisotopic (exact) mass is 215 g/mol. The predicted octanol–water partition coefficient (Wildman–Crippen LogP) is 1.24. The van der Waals surface area contributed by atoms with Gasteiger partial charge in [0.2, 0.25) is 0 Å². The maximum atomic E-state index is 9.46. The van der Waals surface area contributed by atoms with Gasteiger partial charge < -0.3 is 15.1 Å². The Morgan fingerprint density at radius 1 is 1.20 bits per heavy atom. The Kier molecular flexibility index (Phi) is 6.22. The summed E-state index contributed by atoms with van der Waals surface area (Å²) in [7, 11) is 0. The maximum absolute atomic E-state index is 9.46. The third kappa shape index (κ3) is 4.96. The molecule has 0 aromatic heterocycles. The Morgan fingerprint density at radius 3 is 2.40 bits per heavy atom. The number of nitrogens with zero attached hydrogens (tertiary/aromatic N) is 1. The summed E-state index contributed by atoms with van der Waals surface area (Å²) in [6.07, 6.45) is 5.40. The minimum absolute atomic E-state index is 0.137. The number of likely N-dealkylation sites (tertiary alicyclic amines) is 1. The lowest BCUT2D eigenvalue weighted by atomic mass is 9.92. The molecule has 3 heteroatoms. The minimum atomic E-state index is -0.137. The molecule has 0 spiro atoms. The molecule has 1 aliphatic heterocycles. The first-order valence-corrected chi connectivity index (χ1v) is 6.25. The standard InChI is InChI=1S/C12H25NO2/c1-11(15)12-5-8-13(9-6-12)7-3-2-4-10-14/h11-12,14-15H,2-10H2,1H3. The topological polar surface area (TPSA) is 43.7 Å². The number of piperidine rings is 1. The van der Waals surface area contributed by atoms with Crippen molar-refractivity contribution in [2.75, 3.05) is 26.2 Å². The second-order valence-electron chi connectivity index (χ2n) is 4.70. The highest BCUT2D eigenvalue weighted by molar-refractivity contribution is 4.75. The van der Waals surface area contributed by atoms with Gasteiger partial charge in [-0.15, -0.1) is 0 Å². The molecule has 15 heavy (non-hydrogen) atoms. The van der Waals surface area contributed by atoms with Crippen molar-refractivity contribution in [3.8, 4) is 0 Å². The molecule has 0 aliphatic carbocycles. The Balaban J connectivity index is 2.04. The highest BCUT2D eigenvalue weighted by Crippen LogP contribution is 2.20. The largest absolute Gasteiger partial charge is 0.396 e. The van der Waals surface area contributed by atoms with Crippen molar-refractivity contribution in [2.45, 2.75) is 45.1 Å². The van der Waals surface area contributed by atoms with Gasteiger partial charge in [-0.1, -0.05) is 0 Å². The van der Waals surface area contributed by atoms with Gasteiger partial charge in [0, 0.05) is 6.61 Å². The summed E-state index contributed by atoms with van der Waals surface area (Å²) in [4.78, 5) is 2.48. The molecule has 0 saturated carbocycles. The van der Waals surface area contributed by atoms with E-state index in [2.05, 4.69) is 4.90 Å². The smallest absolute Gasteiger partial charge is 0.0541 e. The summed E-state index contributed by atoms with van der Waals surface area (Å²) in [6.45, 7) is 5.65. The van der Waals surface area contributed by atoms with Gasteiger partial charge in [0.1, 0.15) is 0 Å². The second kappa shape index (κ2) is 7.20. The van der Waals surface area contributed by atoms with Gasteiger partial charge in [-0.05, 0) is 64.6 Å². The van der Waals surface area contributed by atoms with Crippen LogP contribution in [-0.2, 0) is 0 Å². The zero-order chi connectivity index (χ0) is 11.1. The molecule has 0 amide bonds. The van der Waals surface area contributed by atoms with E-state index in [1.54, 1.807) is 0 Å². The molecule has 1 aliphatic rings. The molecule has 3 nitrogen and oxygen atoms in total. The molecule has 1 atom stereocenters. The molecular weight excluding hydrogens is 190 g/mol. The van der Waals surface area contributed by atoms with Crippen molar-refractivity contribution >= 4 is 0 Å². The molecule has 1 unspecified atom stereocenters. The summed E-state index contributed by atoms with van der Waals surface area (Å²) in [6, 6.07) is 0. The summed E-state index contributed by atoms with van der Waals surface area (Å²) >= 11 is 0. The van der Waals surface area contributed by atoms with Crippen molar-refractivity contribution in [3.63, 3.8) is 0 Å². The van der Waals surface area contributed by atoms with Crippen LogP contribution < -0.4 is 0 Å². The van der Waals surface area contributed by atoms with Crippen LogP contribution in [0.15, 0.2) is 0 Å². The van der Waals surface area contributed by atoms with Crippen molar-refractivity contribution in [1.29, 1.82) is 0 Å². The lowest BCUT2D eigenvalue weighted by molar-refractivity contribution is 0.0712. The highest BCUT2D eigenvalue weighted by Gasteiger charge is 2.21. The molecule has 0 aromatic rings. The van der Waals surface area contributed by atoms with Gasteiger partial charge in [-0.25, -0.2) is 0 Å².